The molecule has 0 heterocycles. The topological polar surface area (TPSA) is 98.5 Å². The Kier molecular flexibility index (Phi) is 4.99. The summed E-state index contributed by atoms with van der Waals surface area (Å²) in [4.78, 5) is 33.4. The highest BCUT2D eigenvalue weighted by atomic mass is 16.6. The molecule has 0 fully saturated rings. The predicted molar refractivity (Wildman–Crippen MR) is 66.7 cm³/mol. The lowest BCUT2D eigenvalue weighted by atomic mass is 10.1. The highest BCUT2D eigenvalue weighted by Gasteiger charge is 2.23. The third-order valence-electron chi connectivity index (χ3n) is 2.33. The minimum absolute atomic E-state index is 0.0938. The van der Waals surface area contributed by atoms with Crippen molar-refractivity contribution < 1.29 is 19.2 Å². The van der Waals surface area contributed by atoms with Gasteiger partial charge in [-0.1, -0.05) is 12.1 Å². The molecule has 7 heteroatoms. The van der Waals surface area contributed by atoms with Gasteiger partial charge in [-0.3, -0.25) is 14.9 Å². The van der Waals surface area contributed by atoms with Crippen LogP contribution in [0.1, 0.15) is 24.2 Å². The zero-order valence-electron chi connectivity index (χ0n) is 10.6. The van der Waals surface area contributed by atoms with E-state index >= 15 is 0 Å². The van der Waals surface area contributed by atoms with Crippen LogP contribution in [0.25, 0.3) is 0 Å². The summed E-state index contributed by atoms with van der Waals surface area (Å²) in [5.74, 6) is -1.28. The van der Waals surface area contributed by atoms with Crippen LogP contribution in [0.3, 0.4) is 0 Å². The number of carbonyl (C=O) groups is 2. The number of nitro benzene ring substituents is 1. The molecule has 1 amide bonds. The van der Waals surface area contributed by atoms with Crippen molar-refractivity contribution in [2.24, 2.45) is 0 Å². The second-order valence-electron chi connectivity index (χ2n) is 3.72. The molecule has 7 nitrogen and oxygen atoms in total. The third-order valence-corrected chi connectivity index (χ3v) is 2.33. The van der Waals surface area contributed by atoms with Crippen LogP contribution < -0.4 is 5.32 Å². The minimum Gasteiger partial charge on any atom is -0.464 e. The first-order valence-corrected chi connectivity index (χ1v) is 5.68. The van der Waals surface area contributed by atoms with Crippen molar-refractivity contribution in [3.63, 3.8) is 0 Å². The molecule has 1 aromatic rings. The molecule has 0 spiro atoms. The van der Waals surface area contributed by atoms with Crippen LogP contribution in [0, 0.1) is 10.1 Å². The number of hydrogen-bond acceptors (Lipinski definition) is 5. The first-order chi connectivity index (χ1) is 8.97. The molecule has 1 rings (SSSR count). The molecular weight excluding hydrogens is 252 g/mol. The molecule has 102 valence electrons. The van der Waals surface area contributed by atoms with E-state index in [0.717, 1.165) is 0 Å². The van der Waals surface area contributed by atoms with Gasteiger partial charge in [-0.15, -0.1) is 0 Å². The van der Waals surface area contributed by atoms with Crippen LogP contribution >= 0.6 is 0 Å². The molecular formula is C12H14N2O5. The first kappa shape index (κ1) is 14.6. The summed E-state index contributed by atoms with van der Waals surface area (Å²) in [5, 5.41) is 13.1. The van der Waals surface area contributed by atoms with E-state index in [2.05, 4.69) is 5.32 Å². The summed E-state index contributed by atoms with van der Waals surface area (Å²) < 4.78 is 4.73. The molecule has 0 aromatic heterocycles. The van der Waals surface area contributed by atoms with Crippen molar-refractivity contribution in [3.8, 4) is 0 Å². The van der Waals surface area contributed by atoms with Gasteiger partial charge < -0.3 is 10.1 Å². The number of nitrogens with one attached hydrogen (secondary N) is 1. The van der Waals surface area contributed by atoms with Crippen LogP contribution in [0.2, 0.25) is 0 Å². The SMILES string of the molecule is CCOC(=O)C(C)NC(=O)c1ccccc1[N+](=O)[O-]. The van der Waals surface area contributed by atoms with Crippen molar-refractivity contribution in [2.45, 2.75) is 19.9 Å². The Labute approximate surface area is 109 Å². The zero-order chi connectivity index (χ0) is 14.4. The van der Waals surface area contributed by atoms with Gasteiger partial charge in [-0.2, -0.15) is 0 Å². The van der Waals surface area contributed by atoms with E-state index in [4.69, 9.17) is 4.74 Å². The van der Waals surface area contributed by atoms with E-state index in [1.165, 1.54) is 31.2 Å². The second-order valence-corrected chi connectivity index (χ2v) is 3.72. The Morgan fingerprint density at radius 1 is 1.42 bits per heavy atom. The standard InChI is InChI=1S/C12H14N2O5/c1-3-19-12(16)8(2)13-11(15)9-6-4-5-7-10(9)14(17)18/h4-8H,3H2,1-2H3,(H,13,15). The fraction of sp³-hybridized carbons (Fsp3) is 0.333. The van der Waals surface area contributed by atoms with Crippen molar-refractivity contribution in [1.82, 2.24) is 5.32 Å². The summed E-state index contributed by atoms with van der Waals surface area (Å²) in [5.41, 5.74) is -0.403. The molecule has 1 unspecified atom stereocenters. The Morgan fingerprint density at radius 3 is 2.63 bits per heavy atom. The number of esters is 1. The minimum atomic E-state index is -0.868. The maximum Gasteiger partial charge on any atom is 0.328 e. The summed E-state index contributed by atoms with van der Waals surface area (Å²) in [7, 11) is 0. The molecule has 1 aromatic carbocycles. The van der Waals surface area contributed by atoms with E-state index in [1.54, 1.807) is 6.92 Å². The van der Waals surface area contributed by atoms with Gasteiger partial charge in [0.25, 0.3) is 11.6 Å². The lowest BCUT2D eigenvalue weighted by molar-refractivity contribution is -0.385. The van der Waals surface area contributed by atoms with Crippen molar-refractivity contribution in [2.75, 3.05) is 6.61 Å². The molecule has 1 N–H and O–H groups in total. The summed E-state index contributed by atoms with van der Waals surface area (Å²) in [6, 6.07) is 4.66. The first-order valence-electron chi connectivity index (χ1n) is 5.68. The van der Waals surface area contributed by atoms with Gasteiger partial charge in [0, 0.05) is 6.07 Å². The van der Waals surface area contributed by atoms with Crippen molar-refractivity contribution >= 4 is 17.6 Å². The lowest BCUT2D eigenvalue weighted by Gasteiger charge is -2.12. The normalized spacial score (nSPS) is 11.5. The van der Waals surface area contributed by atoms with Crippen LogP contribution in [0.4, 0.5) is 5.69 Å². The van der Waals surface area contributed by atoms with E-state index in [0.29, 0.717) is 0 Å². The van der Waals surface area contributed by atoms with Crippen LogP contribution in [0.15, 0.2) is 24.3 Å². The number of benzene rings is 1. The van der Waals surface area contributed by atoms with Gasteiger partial charge in [0.1, 0.15) is 11.6 Å². The predicted octanol–water partition coefficient (Wildman–Crippen LogP) is 1.28. The fourth-order valence-electron chi connectivity index (χ4n) is 1.43. The Balaban J connectivity index is 2.84. The van der Waals surface area contributed by atoms with Gasteiger partial charge in [0.2, 0.25) is 0 Å². The number of nitro groups is 1. The molecule has 0 aliphatic carbocycles. The van der Waals surface area contributed by atoms with Crippen LogP contribution in [-0.4, -0.2) is 29.4 Å². The Bertz CT molecular complexity index is 501. The highest BCUT2D eigenvalue weighted by Crippen LogP contribution is 2.17. The number of carbonyl (C=O) groups excluding carboxylic acids is 2. The Hall–Kier alpha value is -2.44. The number of amides is 1. The number of para-hydroxylation sites is 1. The van der Waals surface area contributed by atoms with E-state index in [-0.39, 0.29) is 17.9 Å². The van der Waals surface area contributed by atoms with E-state index in [1.807, 2.05) is 0 Å². The average molecular weight is 266 g/mol. The smallest absolute Gasteiger partial charge is 0.328 e. The molecule has 19 heavy (non-hydrogen) atoms. The second kappa shape index (κ2) is 6.48. The van der Waals surface area contributed by atoms with Crippen LogP contribution in [-0.2, 0) is 9.53 Å². The maximum atomic E-state index is 11.9. The number of nitrogens with zero attached hydrogens (tertiary/aromatic N) is 1. The Morgan fingerprint density at radius 2 is 2.05 bits per heavy atom. The lowest BCUT2D eigenvalue weighted by Crippen LogP contribution is -2.39. The number of rotatable bonds is 5. The van der Waals surface area contributed by atoms with Gasteiger partial charge >= 0.3 is 5.97 Å². The van der Waals surface area contributed by atoms with Crippen molar-refractivity contribution in [3.05, 3.63) is 39.9 Å². The monoisotopic (exact) mass is 266 g/mol. The maximum absolute atomic E-state index is 11.9. The molecule has 0 saturated carbocycles. The largest absolute Gasteiger partial charge is 0.464 e. The van der Waals surface area contributed by atoms with E-state index < -0.39 is 22.8 Å². The third kappa shape index (κ3) is 3.77. The fourth-order valence-corrected chi connectivity index (χ4v) is 1.43. The zero-order valence-corrected chi connectivity index (χ0v) is 10.6. The molecule has 0 saturated heterocycles. The average Bonchev–Trinajstić information content (AvgIpc) is 2.38. The summed E-state index contributed by atoms with van der Waals surface area (Å²) in [6.45, 7) is 3.30. The molecule has 0 aliphatic heterocycles. The summed E-state index contributed by atoms with van der Waals surface area (Å²) in [6.07, 6.45) is 0. The molecule has 0 aliphatic rings. The van der Waals surface area contributed by atoms with Crippen LogP contribution in [0.5, 0.6) is 0 Å². The van der Waals surface area contributed by atoms with Gasteiger partial charge in [0.15, 0.2) is 0 Å². The molecule has 1 atom stereocenters. The summed E-state index contributed by atoms with van der Waals surface area (Å²) >= 11 is 0. The molecule has 0 radical (unpaired) electrons. The number of hydrogen-bond donors (Lipinski definition) is 1. The van der Waals surface area contributed by atoms with Crippen molar-refractivity contribution in [1.29, 1.82) is 0 Å². The highest BCUT2D eigenvalue weighted by molar-refractivity contribution is 5.99. The van der Waals surface area contributed by atoms with E-state index in [9.17, 15) is 19.7 Å². The quantitative estimate of drug-likeness (QED) is 0.491. The number of ether oxygens (including phenoxy) is 1. The van der Waals surface area contributed by atoms with Gasteiger partial charge in [-0.25, -0.2) is 4.79 Å². The van der Waals surface area contributed by atoms with Gasteiger partial charge in [-0.05, 0) is 19.9 Å². The van der Waals surface area contributed by atoms with Gasteiger partial charge in [0.05, 0.1) is 11.5 Å². The molecule has 0 bridgehead atoms.